The fourth-order valence-electron chi connectivity index (χ4n) is 2.30. The van der Waals surface area contributed by atoms with Crippen LogP contribution in [0, 0.1) is 6.92 Å². The summed E-state index contributed by atoms with van der Waals surface area (Å²) in [5.74, 6) is 1.73. The van der Waals surface area contributed by atoms with E-state index in [0.717, 1.165) is 24.8 Å². The van der Waals surface area contributed by atoms with E-state index in [9.17, 15) is 0 Å². The van der Waals surface area contributed by atoms with Crippen molar-refractivity contribution >= 4 is 23.1 Å². The van der Waals surface area contributed by atoms with Crippen molar-refractivity contribution in [1.82, 2.24) is 10.3 Å². The van der Waals surface area contributed by atoms with Gasteiger partial charge in [-0.3, -0.25) is 0 Å². The monoisotopic (exact) mass is 318 g/mol. The lowest BCUT2D eigenvalue weighted by molar-refractivity contribution is 0.726. The third kappa shape index (κ3) is 4.09. The molecule has 1 aromatic carbocycles. The predicted octanol–water partition coefficient (Wildman–Crippen LogP) is 4.73. The lowest BCUT2D eigenvalue weighted by atomic mass is 10.2. The quantitative estimate of drug-likeness (QED) is 0.747. The minimum Gasteiger partial charge on any atom is -0.312 e. The number of nitrogens with zero attached hydrogens (tertiary/aromatic N) is 1. The SMILES string of the molecule is CCNCc1sc(CSc2ccc(C)cc2)nc1C1CC1. The Kier molecular flexibility index (Phi) is 4.99. The van der Waals surface area contributed by atoms with Crippen molar-refractivity contribution in [2.45, 2.75) is 49.8 Å². The number of aromatic nitrogens is 1. The van der Waals surface area contributed by atoms with Crippen molar-refractivity contribution in [3.63, 3.8) is 0 Å². The van der Waals surface area contributed by atoms with Crippen LogP contribution >= 0.6 is 23.1 Å². The molecule has 2 aromatic rings. The molecule has 4 heteroatoms. The molecule has 1 saturated carbocycles. The zero-order chi connectivity index (χ0) is 14.7. The van der Waals surface area contributed by atoms with E-state index in [-0.39, 0.29) is 0 Å². The van der Waals surface area contributed by atoms with E-state index in [1.807, 2.05) is 23.1 Å². The van der Waals surface area contributed by atoms with Crippen LogP contribution in [-0.2, 0) is 12.3 Å². The summed E-state index contributed by atoms with van der Waals surface area (Å²) in [6.07, 6.45) is 2.65. The molecule has 2 nitrogen and oxygen atoms in total. The van der Waals surface area contributed by atoms with Crippen LogP contribution in [0.15, 0.2) is 29.2 Å². The molecule has 1 aliphatic rings. The highest BCUT2D eigenvalue weighted by Gasteiger charge is 2.29. The summed E-state index contributed by atoms with van der Waals surface area (Å²) >= 11 is 3.78. The van der Waals surface area contributed by atoms with E-state index in [2.05, 4.69) is 43.4 Å². The van der Waals surface area contributed by atoms with Gasteiger partial charge in [0.25, 0.3) is 0 Å². The van der Waals surface area contributed by atoms with Gasteiger partial charge in [0.1, 0.15) is 5.01 Å². The van der Waals surface area contributed by atoms with Crippen molar-refractivity contribution < 1.29 is 0 Å². The Morgan fingerprint density at radius 2 is 2.05 bits per heavy atom. The molecule has 0 unspecified atom stereocenters. The van der Waals surface area contributed by atoms with Gasteiger partial charge in [-0.2, -0.15) is 0 Å². The van der Waals surface area contributed by atoms with Gasteiger partial charge in [0.15, 0.2) is 0 Å². The fourth-order valence-corrected chi connectivity index (χ4v) is 4.31. The molecule has 3 rings (SSSR count). The van der Waals surface area contributed by atoms with Crippen LogP contribution in [0.4, 0.5) is 0 Å². The average molecular weight is 319 g/mol. The second kappa shape index (κ2) is 6.95. The summed E-state index contributed by atoms with van der Waals surface area (Å²) in [6.45, 7) is 6.29. The van der Waals surface area contributed by atoms with Gasteiger partial charge in [0.2, 0.25) is 0 Å². The van der Waals surface area contributed by atoms with Crippen molar-refractivity contribution in [3.05, 3.63) is 45.4 Å². The Hall–Kier alpha value is -0.840. The number of thiazole rings is 1. The van der Waals surface area contributed by atoms with Crippen LogP contribution in [0.1, 0.15) is 46.8 Å². The maximum Gasteiger partial charge on any atom is 0.103 e. The molecule has 1 heterocycles. The Morgan fingerprint density at radius 3 is 2.71 bits per heavy atom. The van der Waals surface area contributed by atoms with Crippen molar-refractivity contribution in [2.75, 3.05) is 6.54 Å². The van der Waals surface area contributed by atoms with Gasteiger partial charge in [0.05, 0.1) is 11.4 Å². The molecule has 0 aliphatic heterocycles. The van der Waals surface area contributed by atoms with Gasteiger partial charge >= 0.3 is 0 Å². The first-order valence-electron chi connectivity index (χ1n) is 7.65. The molecule has 112 valence electrons. The standard InChI is InChI=1S/C17H22N2S2/c1-3-18-10-15-17(13-6-7-13)19-16(21-15)11-20-14-8-4-12(2)5-9-14/h4-5,8-9,13,18H,3,6-7,10-11H2,1-2H3. The molecule has 1 aromatic heterocycles. The highest BCUT2D eigenvalue weighted by molar-refractivity contribution is 7.98. The smallest absolute Gasteiger partial charge is 0.103 e. The van der Waals surface area contributed by atoms with E-state index in [4.69, 9.17) is 4.98 Å². The van der Waals surface area contributed by atoms with E-state index in [1.54, 1.807) is 0 Å². The molecule has 1 aliphatic carbocycles. The lowest BCUT2D eigenvalue weighted by Gasteiger charge is -2.00. The molecule has 0 amide bonds. The molecule has 0 bridgehead atoms. The summed E-state index contributed by atoms with van der Waals surface area (Å²) in [5.41, 5.74) is 2.69. The molecule has 0 spiro atoms. The largest absolute Gasteiger partial charge is 0.312 e. The van der Waals surface area contributed by atoms with Gasteiger partial charge < -0.3 is 5.32 Å². The van der Waals surface area contributed by atoms with E-state index in [1.165, 1.54) is 38.9 Å². The number of hydrogen-bond donors (Lipinski definition) is 1. The maximum absolute atomic E-state index is 4.92. The Morgan fingerprint density at radius 1 is 1.29 bits per heavy atom. The number of benzene rings is 1. The molecular formula is C17H22N2S2. The van der Waals surface area contributed by atoms with Crippen molar-refractivity contribution in [3.8, 4) is 0 Å². The first-order chi connectivity index (χ1) is 10.3. The van der Waals surface area contributed by atoms with Gasteiger partial charge in [-0.25, -0.2) is 4.98 Å². The highest BCUT2D eigenvalue weighted by Crippen LogP contribution is 2.43. The molecule has 0 saturated heterocycles. The Balaban J connectivity index is 1.65. The van der Waals surface area contributed by atoms with Crippen LogP contribution in [0.3, 0.4) is 0 Å². The average Bonchev–Trinajstić information content (AvgIpc) is 3.26. The Bertz CT molecular complexity index is 585. The number of thioether (sulfide) groups is 1. The van der Waals surface area contributed by atoms with Gasteiger partial charge in [0, 0.05) is 22.2 Å². The van der Waals surface area contributed by atoms with Crippen LogP contribution in [0.5, 0.6) is 0 Å². The predicted molar refractivity (Wildman–Crippen MR) is 92.2 cm³/mol. The molecule has 0 radical (unpaired) electrons. The maximum atomic E-state index is 4.92. The topological polar surface area (TPSA) is 24.9 Å². The first-order valence-corrected chi connectivity index (χ1v) is 9.45. The van der Waals surface area contributed by atoms with Crippen molar-refractivity contribution in [1.29, 1.82) is 0 Å². The molecule has 1 N–H and O–H groups in total. The molecule has 0 atom stereocenters. The van der Waals surface area contributed by atoms with Gasteiger partial charge in [-0.15, -0.1) is 23.1 Å². The number of rotatable bonds is 7. The van der Waals surface area contributed by atoms with Crippen LogP contribution in [0.25, 0.3) is 0 Å². The number of hydrogen-bond acceptors (Lipinski definition) is 4. The second-order valence-corrected chi connectivity index (χ2v) is 7.79. The first kappa shape index (κ1) is 15.1. The van der Waals surface area contributed by atoms with Gasteiger partial charge in [-0.05, 0) is 38.4 Å². The van der Waals surface area contributed by atoms with Crippen LogP contribution in [-0.4, -0.2) is 11.5 Å². The second-order valence-electron chi connectivity index (χ2n) is 5.57. The van der Waals surface area contributed by atoms with E-state index < -0.39 is 0 Å². The summed E-state index contributed by atoms with van der Waals surface area (Å²) < 4.78 is 0. The summed E-state index contributed by atoms with van der Waals surface area (Å²) in [7, 11) is 0. The third-order valence-electron chi connectivity index (χ3n) is 3.65. The van der Waals surface area contributed by atoms with Crippen LogP contribution in [0.2, 0.25) is 0 Å². The Labute approximate surface area is 135 Å². The van der Waals surface area contributed by atoms with Crippen molar-refractivity contribution in [2.24, 2.45) is 0 Å². The number of nitrogens with one attached hydrogen (secondary N) is 1. The lowest BCUT2D eigenvalue weighted by Crippen LogP contribution is -2.11. The number of aryl methyl sites for hydroxylation is 1. The summed E-state index contributed by atoms with van der Waals surface area (Å²) in [4.78, 5) is 7.70. The van der Waals surface area contributed by atoms with E-state index >= 15 is 0 Å². The van der Waals surface area contributed by atoms with E-state index in [0.29, 0.717) is 0 Å². The normalized spacial score (nSPS) is 14.6. The zero-order valence-corrected chi connectivity index (χ0v) is 14.3. The highest BCUT2D eigenvalue weighted by atomic mass is 32.2. The molecule has 1 fully saturated rings. The molecular weight excluding hydrogens is 296 g/mol. The minimum atomic E-state index is 0.744. The van der Waals surface area contributed by atoms with Gasteiger partial charge in [-0.1, -0.05) is 24.6 Å². The zero-order valence-electron chi connectivity index (χ0n) is 12.7. The fraction of sp³-hybridized carbons (Fsp3) is 0.471. The molecule has 21 heavy (non-hydrogen) atoms. The minimum absolute atomic E-state index is 0.744. The summed E-state index contributed by atoms with van der Waals surface area (Å²) in [6, 6.07) is 8.76. The van der Waals surface area contributed by atoms with Crippen LogP contribution < -0.4 is 5.32 Å². The third-order valence-corrected chi connectivity index (χ3v) is 5.93. The summed E-state index contributed by atoms with van der Waals surface area (Å²) in [5, 5.41) is 4.72.